The molecule has 1 N–H and O–H groups in total. The van der Waals surface area contributed by atoms with Gasteiger partial charge in [-0.1, -0.05) is 36.7 Å². The SMILES string of the molecule is CCC1(C)Nc2c(Cl)ncnc2N2CCc3cccc1c32. The van der Waals surface area contributed by atoms with Crippen LogP contribution in [0, 0.1) is 0 Å². The molecule has 0 radical (unpaired) electrons. The Morgan fingerprint density at radius 1 is 1.38 bits per heavy atom. The van der Waals surface area contributed by atoms with Crippen molar-refractivity contribution < 1.29 is 0 Å². The molecule has 0 spiro atoms. The Hall–Kier alpha value is -1.81. The number of rotatable bonds is 1. The summed E-state index contributed by atoms with van der Waals surface area (Å²) < 4.78 is 0. The lowest BCUT2D eigenvalue weighted by molar-refractivity contribution is 0.526. The summed E-state index contributed by atoms with van der Waals surface area (Å²) in [6.45, 7) is 5.35. The molecule has 4 nitrogen and oxygen atoms in total. The highest BCUT2D eigenvalue weighted by Gasteiger charge is 2.38. The van der Waals surface area contributed by atoms with E-state index in [0.29, 0.717) is 5.15 Å². The van der Waals surface area contributed by atoms with Crippen molar-refractivity contribution in [1.29, 1.82) is 0 Å². The lowest BCUT2D eigenvalue weighted by Gasteiger charge is -2.31. The van der Waals surface area contributed by atoms with Gasteiger partial charge in [0.1, 0.15) is 12.0 Å². The van der Waals surface area contributed by atoms with Crippen molar-refractivity contribution in [2.75, 3.05) is 16.8 Å². The molecule has 2 aliphatic heterocycles. The first-order chi connectivity index (χ1) is 10.1. The number of hydrogen-bond acceptors (Lipinski definition) is 4. The van der Waals surface area contributed by atoms with Gasteiger partial charge in [0, 0.05) is 12.1 Å². The highest BCUT2D eigenvalue weighted by Crippen LogP contribution is 2.49. The quantitative estimate of drug-likeness (QED) is 0.812. The Morgan fingerprint density at radius 2 is 2.24 bits per heavy atom. The van der Waals surface area contributed by atoms with E-state index in [1.165, 1.54) is 23.1 Å². The minimum Gasteiger partial charge on any atom is -0.370 e. The molecule has 5 heteroatoms. The second kappa shape index (κ2) is 4.34. The minimum atomic E-state index is -0.173. The largest absolute Gasteiger partial charge is 0.370 e. The van der Waals surface area contributed by atoms with Gasteiger partial charge in [0.2, 0.25) is 0 Å². The van der Waals surface area contributed by atoms with E-state index in [9.17, 15) is 0 Å². The summed E-state index contributed by atoms with van der Waals surface area (Å²) in [7, 11) is 0. The van der Waals surface area contributed by atoms with Crippen LogP contribution in [-0.4, -0.2) is 16.5 Å². The van der Waals surface area contributed by atoms with Gasteiger partial charge < -0.3 is 10.2 Å². The van der Waals surface area contributed by atoms with Gasteiger partial charge in [-0.25, -0.2) is 9.97 Å². The summed E-state index contributed by atoms with van der Waals surface area (Å²) in [6.07, 6.45) is 3.55. The maximum atomic E-state index is 6.34. The van der Waals surface area contributed by atoms with E-state index in [0.717, 1.165) is 30.9 Å². The van der Waals surface area contributed by atoms with Crippen LogP contribution in [0.1, 0.15) is 31.4 Å². The molecule has 2 aromatic rings. The third kappa shape index (κ3) is 1.69. The fourth-order valence-corrected chi connectivity index (χ4v) is 3.58. The molecule has 1 aromatic carbocycles. The summed E-state index contributed by atoms with van der Waals surface area (Å²) in [6, 6.07) is 6.57. The fraction of sp³-hybridized carbons (Fsp3) is 0.375. The van der Waals surface area contributed by atoms with Crippen LogP contribution in [0.25, 0.3) is 0 Å². The van der Waals surface area contributed by atoms with Crippen molar-refractivity contribution in [3.63, 3.8) is 0 Å². The fourth-order valence-electron chi connectivity index (χ4n) is 3.40. The summed E-state index contributed by atoms with van der Waals surface area (Å²) in [5, 5.41) is 4.09. The van der Waals surface area contributed by atoms with Crippen LogP contribution in [0.15, 0.2) is 24.5 Å². The van der Waals surface area contributed by atoms with Gasteiger partial charge in [-0.15, -0.1) is 0 Å². The number of nitrogens with zero attached hydrogens (tertiary/aromatic N) is 3. The van der Waals surface area contributed by atoms with Crippen LogP contribution >= 0.6 is 11.6 Å². The van der Waals surface area contributed by atoms with E-state index in [2.05, 4.69) is 52.2 Å². The molecule has 0 saturated carbocycles. The first-order valence-electron chi connectivity index (χ1n) is 7.32. The number of hydrogen-bond donors (Lipinski definition) is 1. The molecule has 0 amide bonds. The lowest BCUT2D eigenvalue weighted by Crippen LogP contribution is -2.30. The Morgan fingerprint density at radius 3 is 3.05 bits per heavy atom. The molecule has 4 rings (SSSR count). The van der Waals surface area contributed by atoms with E-state index in [-0.39, 0.29) is 5.54 Å². The standard InChI is InChI=1S/C16H17ClN4/c1-3-16(2)11-6-4-5-10-7-8-21(13(10)11)15-12(20-16)14(17)18-9-19-15/h4-6,9,20H,3,7-8H2,1-2H3. The van der Waals surface area contributed by atoms with E-state index < -0.39 is 0 Å². The molecule has 3 heterocycles. The minimum absolute atomic E-state index is 0.173. The Bertz CT molecular complexity index is 730. The molecular weight excluding hydrogens is 284 g/mol. The van der Waals surface area contributed by atoms with E-state index in [1.54, 1.807) is 0 Å². The molecule has 2 aliphatic rings. The van der Waals surface area contributed by atoms with Gasteiger partial charge >= 0.3 is 0 Å². The molecule has 1 unspecified atom stereocenters. The second-order valence-corrected chi connectivity index (χ2v) is 6.25. The zero-order chi connectivity index (χ0) is 14.6. The number of para-hydroxylation sites is 1. The highest BCUT2D eigenvalue weighted by atomic mass is 35.5. The number of nitrogens with one attached hydrogen (secondary N) is 1. The van der Waals surface area contributed by atoms with Crippen molar-refractivity contribution in [2.24, 2.45) is 0 Å². The predicted octanol–water partition coefficient (Wildman–Crippen LogP) is 3.87. The highest BCUT2D eigenvalue weighted by molar-refractivity contribution is 6.32. The van der Waals surface area contributed by atoms with Crippen LogP contribution < -0.4 is 10.2 Å². The number of halogens is 1. The zero-order valence-corrected chi connectivity index (χ0v) is 12.9. The maximum absolute atomic E-state index is 6.34. The van der Waals surface area contributed by atoms with Crippen LogP contribution in [0.4, 0.5) is 17.2 Å². The topological polar surface area (TPSA) is 41.1 Å². The van der Waals surface area contributed by atoms with Crippen molar-refractivity contribution in [1.82, 2.24) is 9.97 Å². The maximum Gasteiger partial charge on any atom is 0.161 e. The zero-order valence-electron chi connectivity index (χ0n) is 12.2. The molecule has 0 fully saturated rings. The molecular formula is C16H17ClN4. The van der Waals surface area contributed by atoms with E-state index in [1.807, 2.05) is 0 Å². The number of benzene rings is 1. The van der Waals surface area contributed by atoms with Crippen molar-refractivity contribution in [3.05, 3.63) is 40.8 Å². The van der Waals surface area contributed by atoms with Gasteiger partial charge in [0.05, 0.1) is 11.2 Å². The number of aromatic nitrogens is 2. The normalized spacial score (nSPS) is 22.3. The summed E-state index contributed by atoms with van der Waals surface area (Å²) >= 11 is 6.34. The van der Waals surface area contributed by atoms with Crippen LogP contribution in [-0.2, 0) is 12.0 Å². The van der Waals surface area contributed by atoms with Gasteiger partial charge in [0.15, 0.2) is 11.0 Å². The van der Waals surface area contributed by atoms with Crippen LogP contribution in [0.5, 0.6) is 0 Å². The first kappa shape index (κ1) is 12.9. The molecule has 21 heavy (non-hydrogen) atoms. The summed E-state index contributed by atoms with van der Waals surface area (Å²) in [5.74, 6) is 0.887. The summed E-state index contributed by atoms with van der Waals surface area (Å²) in [4.78, 5) is 10.9. The Kier molecular flexibility index (Phi) is 2.67. The third-order valence-electron chi connectivity index (χ3n) is 4.73. The van der Waals surface area contributed by atoms with Crippen molar-refractivity contribution in [3.8, 4) is 0 Å². The first-order valence-corrected chi connectivity index (χ1v) is 7.70. The van der Waals surface area contributed by atoms with E-state index >= 15 is 0 Å². The Labute approximate surface area is 129 Å². The van der Waals surface area contributed by atoms with Crippen LogP contribution in [0.2, 0.25) is 5.15 Å². The second-order valence-electron chi connectivity index (χ2n) is 5.89. The molecule has 1 aromatic heterocycles. The van der Waals surface area contributed by atoms with Crippen molar-refractivity contribution >= 4 is 28.8 Å². The van der Waals surface area contributed by atoms with Crippen LogP contribution in [0.3, 0.4) is 0 Å². The van der Waals surface area contributed by atoms with Gasteiger partial charge in [-0.2, -0.15) is 0 Å². The molecule has 0 saturated heterocycles. The third-order valence-corrected chi connectivity index (χ3v) is 5.02. The molecule has 108 valence electrons. The number of anilines is 3. The van der Waals surface area contributed by atoms with E-state index in [4.69, 9.17) is 11.6 Å². The van der Waals surface area contributed by atoms with Gasteiger partial charge in [-0.3, -0.25) is 0 Å². The lowest BCUT2D eigenvalue weighted by atomic mass is 9.87. The summed E-state index contributed by atoms with van der Waals surface area (Å²) in [5.41, 5.74) is 4.66. The Balaban J connectivity index is 2.06. The molecule has 0 bridgehead atoms. The van der Waals surface area contributed by atoms with Gasteiger partial charge in [0.25, 0.3) is 0 Å². The number of fused-ring (bicyclic) bond motifs is 2. The monoisotopic (exact) mass is 300 g/mol. The molecule has 1 atom stereocenters. The average molecular weight is 301 g/mol. The van der Waals surface area contributed by atoms with Crippen molar-refractivity contribution in [2.45, 2.75) is 32.2 Å². The molecule has 0 aliphatic carbocycles. The average Bonchev–Trinajstić information content (AvgIpc) is 2.88. The predicted molar refractivity (Wildman–Crippen MR) is 85.5 cm³/mol. The van der Waals surface area contributed by atoms with Gasteiger partial charge in [-0.05, 0) is 25.3 Å². The smallest absolute Gasteiger partial charge is 0.161 e.